The molecule has 1 aliphatic carbocycles. The van der Waals surface area contributed by atoms with Gasteiger partial charge in [0, 0.05) is 25.7 Å². The van der Waals surface area contributed by atoms with Crippen LogP contribution in [0, 0.1) is 18.3 Å². The van der Waals surface area contributed by atoms with E-state index < -0.39 is 0 Å². The van der Waals surface area contributed by atoms with Crippen LogP contribution in [0.15, 0.2) is 0 Å². The molecule has 0 aromatic carbocycles. The molecule has 16 heavy (non-hydrogen) atoms. The van der Waals surface area contributed by atoms with E-state index >= 15 is 0 Å². The molecule has 2 heteroatoms. The smallest absolute Gasteiger partial charge is 0.0574 e. The molecule has 0 spiro atoms. The minimum absolute atomic E-state index is 0.695. The number of rotatable bonds is 7. The highest BCUT2D eigenvalue weighted by Crippen LogP contribution is 2.23. The van der Waals surface area contributed by atoms with E-state index in [1.807, 2.05) is 0 Å². The molecule has 1 N–H and O–H groups in total. The predicted octanol–water partition coefficient (Wildman–Crippen LogP) is 2.11. The summed E-state index contributed by atoms with van der Waals surface area (Å²) in [7, 11) is 0. The van der Waals surface area contributed by atoms with Crippen molar-refractivity contribution < 1.29 is 0 Å². The lowest BCUT2D eigenvalue weighted by Crippen LogP contribution is -2.40. The molecule has 0 unspecified atom stereocenters. The van der Waals surface area contributed by atoms with Gasteiger partial charge in [0.15, 0.2) is 0 Å². The Labute approximate surface area is 101 Å². The summed E-state index contributed by atoms with van der Waals surface area (Å²) in [5.74, 6) is 3.38. The van der Waals surface area contributed by atoms with Crippen molar-refractivity contribution in [2.45, 2.75) is 45.6 Å². The summed E-state index contributed by atoms with van der Waals surface area (Å²) in [6.07, 6.45) is 10.8. The van der Waals surface area contributed by atoms with Crippen molar-refractivity contribution in [3.8, 4) is 12.3 Å². The third-order valence-corrected chi connectivity index (χ3v) is 3.24. The highest BCUT2D eigenvalue weighted by molar-refractivity contribution is 4.87. The molecular weight excluding hydrogens is 196 g/mol. The van der Waals surface area contributed by atoms with Gasteiger partial charge < -0.3 is 5.32 Å². The van der Waals surface area contributed by atoms with Crippen molar-refractivity contribution in [2.24, 2.45) is 5.92 Å². The molecule has 0 saturated heterocycles. The van der Waals surface area contributed by atoms with Gasteiger partial charge in [-0.1, -0.05) is 32.6 Å². The fraction of sp³-hybridized carbons (Fsp3) is 0.857. The SMILES string of the molecule is C#CCNCCN(CC(C)C)C1CCCC1. The van der Waals surface area contributed by atoms with Crippen molar-refractivity contribution in [3.63, 3.8) is 0 Å². The first-order valence-electron chi connectivity index (χ1n) is 6.62. The molecule has 2 nitrogen and oxygen atoms in total. The predicted molar refractivity (Wildman–Crippen MR) is 70.4 cm³/mol. The highest BCUT2D eigenvalue weighted by Gasteiger charge is 2.22. The quantitative estimate of drug-likeness (QED) is 0.524. The van der Waals surface area contributed by atoms with Crippen LogP contribution in [0.5, 0.6) is 0 Å². The normalized spacial score (nSPS) is 17.2. The third-order valence-electron chi connectivity index (χ3n) is 3.24. The Kier molecular flexibility index (Phi) is 6.52. The van der Waals surface area contributed by atoms with Crippen LogP contribution in [-0.4, -0.2) is 37.1 Å². The molecule has 0 heterocycles. The maximum Gasteiger partial charge on any atom is 0.0574 e. The van der Waals surface area contributed by atoms with Gasteiger partial charge in [0.25, 0.3) is 0 Å². The highest BCUT2D eigenvalue weighted by atomic mass is 15.2. The second-order valence-electron chi connectivity index (χ2n) is 5.21. The van der Waals surface area contributed by atoms with Crippen LogP contribution in [-0.2, 0) is 0 Å². The number of nitrogens with zero attached hydrogens (tertiary/aromatic N) is 1. The zero-order chi connectivity index (χ0) is 11.8. The Morgan fingerprint density at radius 3 is 2.62 bits per heavy atom. The fourth-order valence-electron chi connectivity index (χ4n) is 2.54. The Hall–Kier alpha value is -0.520. The number of nitrogens with one attached hydrogen (secondary N) is 1. The minimum Gasteiger partial charge on any atom is -0.305 e. The van der Waals surface area contributed by atoms with Crippen molar-refractivity contribution in [3.05, 3.63) is 0 Å². The molecule has 92 valence electrons. The summed E-state index contributed by atoms with van der Waals surface area (Å²) in [6.45, 7) is 8.69. The van der Waals surface area contributed by atoms with Gasteiger partial charge in [0.2, 0.25) is 0 Å². The van der Waals surface area contributed by atoms with Gasteiger partial charge in [-0.3, -0.25) is 4.90 Å². The van der Waals surface area contributed by atoms with Gasteiger partial charge in [-0.25, -0.2) is 0 Å². The topological polar surface area (TPSA) is 15.3 Å². The molecule has 0 aromatic rings. The van der Waals surface area contributed by atoms with E-state index in [0.29, 0.717) is 6.54 Å². The van der Waals surface area contributed by atoms with E-state index in [2.05, 4.69) is 30.0 Å². The number of hydrogen-bond acceptors (Lipinski definition) is 2. The van der Waals surface area contributed by atoms with E-state index in [-0.39, 0.29) is 0 Å². The zero-order valence-electron chi connectivity index (χ0n) is 10.8. The first-order chi connectivity index (χ1) is 7.74. The summed E-state index contributed by atoms with van der Waals surface area (Å²) < 4.78 is 0. The van der Waals surface area contributed by atoms with Crippen LogP contribution in [0.3, 0.4) is 0 Å². The molecule has 1 aliphatic rings. The Morgan fingerprint density at radius 2 is 2.06 bits per heavy atom. The lowest BCUT2D eigenvalue weighted by atomic mass is 10.1. The van der Waals surface area contributed by atoms with Crippen LogP contribution < -0.4 is 5.32 Å². The van der Waals surface area contributed by atoms with Gasteiger partial charge in [-0.05, 0) is 18.8 Å². The standard InChI is InChI=1S/C14H26N2/c1-4-9-15-10-11-16(12-13(2)3)14-7-5-6-8-14/h1,13-15H,5-12H2,2-3H3. The van der Waals surface area contributed by atoms with Crippen molar-refractivity contribution in [1.29, 1.82) is 0 Å². The Bertz CT molecular complexity index is 211. The summed E-state index contributed by atoms with van der Waals surface area (Å²) in [6, 6.07) is 0.829. The Balaban J connectivity index is 2.28. The van der Waals surface area contributed by atoms with E-state index in [1.54, 1.807) is 0 Å². The van der Waals surface area contributed by atoms with Crippen molar-refractivity contribution >= 4 is 0 Å². The fourth-order valence-corrected chi connectivity index (χ4v) is 2.54. The maximum absolute atomic E-state index is 5.22. The minimum atomic E-state index is 0.695. The molecule has 1 rings (SSSR count). The Morgan fingerprint density at radius 1 is 1.38 bits per heavy atom. The molecule has 0 radical (unpaired) electrons. The summed E-state index contributed by atoms with van der Waals surface area (Å²) >= 11 is 0. The molecule has 0 bridgehead atoms. The van der Waals surface area contributed by atoms with Crippen molar-refractivity contribution in [2.75, 3.05) is 26.2 Å². The maximum atomic E-state index is 5.22. The van der Waals surface area contributed by atoms with Crippen LogP contribution in [0.2, 0.25) is 0 Å². The summed E-state index contributed by atoms with van der Waals surface area (Å²) in [4.78, 5) is 2.65. The largest absolute Gasteiger partial charge is 0.305 e. The molecule has 0 aromatic heterocycles. The van der Waals surface area contributed by atoms with E-state index in [4.69, 9.17) is 6.42 Å². The van der Waals surface area contributed by atoms with Crippen LogP contribution in [0.4, 0.5) is 0 Å². The zero-order valence-corrected chi connectivity index (χ0v) is 10.8. The molecular formula is C14H26N2. The molecule has 0 aliphatic heterocycles. The lowest BCUT2D eigenvalue weighted by molar-refractivity contribution is 0.178. The van der Waals surface area contributed by atoms with E-state index in [0.717, 1.165) is 25.0 Å². The summed E-state index contributed by atoms with van der Waals surface area (Å²) in [5, 5.41) is 3.28. The third kappa shape index (κ3) is 5.01. The van der Waals surface area contributed by atoms with Crippen molar-refractivity contribution in [1.82, 2.24) is 10.2 Å². The second-order valence-corrected chi connectivity index (χ2v) is 5.21. The first kappa shape index (κ1) is 13.5. The van der Waals surface area contributed by atoms with Gasteiger partial charge in [0.1, 0.15) is 0 Å². The van der Waals surface area contributed by atoms with Crippen LogP contribution in [0.25, 0.3) is 0 Å². The van der Waals surface area contributed by atoms with E-state index in [1.165, 1.54) is 32.2 Å². The van der Waals surface area contributed by atoms with E-state index in [9.17, 15) is 0 Å². The van der Waals surface area contributed by atoms with Gasteiger partial charge in [-0.15, -0.1) is 6.42 Å². The number of terminal acetylenes is 1. The van der Waals surface area contributed by atoms with Crippen LogP contribution >= 0.6 is 0 Å². The monoisotopic (exact) mass is 222 g/mol. The molecule has 1 fully saturated rings. The second kappa shape index (κ2) is 7.70. The summed E-state index contributed by atoms with van der Waals surface area (Å²) in [5.41, 5.74) is 0. The van der Waals surface area contributed by atoms with Crippen LogP contribution in [0.1, 0.15) is 39.5 Å². The average molecular weight is 222 g/mol. The van der Waals surface area contributed by atoms with Gasteiger partial charge in [0.05, 0.1) is 6.54 Å². The first-order valence-corrected chi connectivity index (χ1v) is 6.62. The van der Waals surface area contributed by atoms with Gasteiger partial charge >= 0.3 is 0 Å². The number of hydrogen-bond donors (Lipinski definition) is 1. The molecule has 1 saturated carbocycles. The molecule has 0 atom stereocenters. The average Bonchev–Trinajstić information content (AvgIpc) is 2.75. The molecule has 0 amide bonds. The van der Waals surface area contributed by atoms with Gasteiger partial charge in [-0.2, -0.15) is 0 Å². The lowest BCUT2D eigenvalue weighted by Gasteiger charge is -2.30.